The second kappa shape index (κ2) is 7.70. The zero-order valence-electron chi connectivity index (χ0n) is 13.5. The van der Waals surface area contributed by atoms with Gasteiger partial charge in [-0.2, -0.15) is 0 Å². The third kappa shape index (κ3) is 3.78. The van der Waals surface area contributed by atoms with Crippen molar-refractivity contribution in [2.75, 3.05) is 20.3 Å². The molecule has 24 heavy (non-hydrogen) atoms. The maximum Gasteiger partial charge on any atom is 0.229 e. The van der Waals surface area contributed by atoms with Crippen molar-refractivity contribution in [1.82, 2.24) is 15.0 Å². The lowest BCUT2D eigenvalue weighted by molar-refractivity contribution is -0.131. The van der Waals surface area contributed by atoms with Gasteiger partial charge in [0.1, 0.15) is 5.69 Å². The van der Waals surface area contributed by atoms with Gasteiger partial charge in [0.05, 0.1) is 25.3 Å². The number of ether oxygens (including phenoxy) is 1. The van der Waals surface area contributed by atoms with Crippen molar-refractivity contribution < 1.29 is 14.1 Å². The molecule has 6 heteroatoms. The maximum absolute atomic E-state index is 12.7. The Bertz CT molecular complexity index is 801. The normalized spacial score (nSPS) is 10.9. The molecule has 1 aromatic carbocycles. The highest BCUT2D eigenvalue weighted by molar-refractivity contribution is 5.86. The number of para-hydroxylation sites is 1. The van der Waals surface area contributed by atoms with E-state index in [0.717, 1.165) is 11.1 Å². The molecule has 2 aromatic heterocycles. The van der Waals surface area contributed by atoms with Gasteiger partial charge in [-0.15, -0.1) is 0 Å². The lowest BCUT2D eigenvalue weighted by Crippen LogP contribution is -2.35. The summed E-state index contributed by atoms with van der Waals surface area (Å²) in [5, 5.41) is 4.91. The van der Waals surface area contributed by atoms with Gasteiger partial charge in [0.15, 0.2) is 5.58 Å². The molecule has 0 aliphatic heterocycles. The molecule has 0 aliphatic rings. The monoisotopic (exact) mass is 325 g/mol. The number of nitrogens with zero attached hydrogens (tertiary/aromatic N) is 3. The highest BCUT2D eigenvalue weighted by Gasteiger charge is 2.18. The van der Waals surface area contributed by atoms with Gasteiger partial charge in [-0.05, 0) is 24.3 Å². The zero-order chi connectivity index (χ0) is 16.8. The average molecular weight is 325 g/mol. The number of benzene rings is 1. The largest absolute Gasteiger partial charge is 0.383 e. The highest BCUT2D eigenvalue weighted by atomic mass is 16.5. The number of rotatable bonds is 7. The van der Waals surface area contributed by atoms with Gasteiger partial charge < -0.3 is 14.2 Å². The minimum absolute atomic E-state index is 0.0308. The zero-order valence-corrected chi connectivity index (χ0v) is 13.5. The molecule has 0 atom stereocenters. The van der Waals surface area contributed by atoms with Crippen molar-refractivity contribution in [3.63, 3.8) is 0 Å². The predicted octanol–water partition coefficient (Wildman–Crippen LogP) is 2.44. The number of hydrogen-bond acceptors (Lipinski definition) is 5. The van der Waals surface area contributed by atoms with E-state index in [1.54, 1.807) is 18.2 Å². The summed E-state index contributed by atoms with van der Waals surface area (Å²) in [4.78, 5) is 18.7. The van der Waals surface area contributed by atoms with Crippen LogP contribution in [0.15, 0.2) is 53.2 Å². The molecule has 0 N–H and O–H groups in total. The van der Waals surface area contributed by atoms with Crippen LogP contribution < -0.4 is 0 Å². The molecule has 0 unspecified atom stereocenters. The first-order valence-corrected chi connectivity index (χ1v) is 7.78. The third-order valence-electron chi connectivity index (χ3n) is 3.77. The number of methoxy groups -OCH3 is 1. The van der Waals surface area contributed by atoms with E-state index in [1.807, 2.05) is 42.5 Å². The van der Waals surface area contributed by atoms with Gasteiger partial charge in [-0.25, -0.2) is 0 Å². The van der Waals surface area contributed by atoms with Crippen molar-refractivity contribution in [2.45, 2.75) is 13.0 Å². The first-order valence-electron chi connectivity index (χ1n) is 7.78. The Balaban J connectivity index is 1.75. The molecular weight excluding hydrogens is 306 g/mol. The van der Waals surface area contributed by atoms with E-state index in [-0.39, 0.29) is 12.3 Å². The molecule has 3 rings (SSSR count). The summed E-state index contributed by atoms with van der Waals surface area (Å²) in [6, 6.07) is 13.2. The van der Waals surface area contributed by atoms with Crippen LogP contribution in [-0.4, -0.2) is 41.2 Å². The predicted molar refractivity (Wildman–Crippen MR) is 89.2 cm³/mol. The first kappa shape index (κ1) is 16.1. The van der Waals surface area contributed by atoms with Crippen molar-refractivity contribution in [2.24, 2.45) is 0 Å². The molecule has 0 radical (unpaired) electrons. The second-order valence-corrected chi connectivity index (χ2v) is 5.43. The molecule has 6 nitrogen and oxygen atoms in total. The Hall–Kier alpha value is -2.73. The quantitative estimate of drug-likeness (QED) is 0.667. The van der Waals surface area contributed by atoms with Crippen LogP contribution in [0, 0.1) is 0 Å². The number of pyridine rings is 1. The Labute approximate surface area is 140 Å². The van der Waals surface area contributed by atoms with Crippen LogP contribution in [0.25, 0.3) is 11.0 Å². The fourth-order valence-corrected chi connectivity index (χ4v) is 2.50. The minimum atomic E-state index is -0.0308. The van der Waals surface area contributed by atoms with Crippen LogP contribution in [0.5, 0.6) is 0 Å². The minimum Gasteiger partial charge on any atom is -0.383 e. The van der Waals surface area contributed by atoms with Crippen LogP contribution in [0.2, 0.25) is 0 Å². The SMILES string of the molecule is COCCN(Cc1ccccn1)C(=O)Cc1noc2ccccc12. The van der Waals surface area contributed by atoms with E-state index in [0.29, 0.717) is 31.0 Å². The van der Waals surface area contributed by atoms with E-state index < -0.39 is 0 Å². The molecule has 0 bridgehead atoms. The van der Waals surface area contributed by atoms with Crippen LogP contribution in [-0.2, 0) is 22.5 Å². The summed E-state index contributed by atoms with van der Waals surface area (Å²) in [7, 11) is 1.62. The fourth-order valence-electron chi connectivity index (χ4n) is 2.50. The van der Waals surface area contributed by atoms with Crippen LogP contribution >= 0.6 is 0 Å². The summed E-state index contributed by atoms with van der Waals surface area (Å²) in [5.74, 6) is -0.0308. The smallest absolute Gasteiger partial charge is 0.229 e. The van der Waals surface area contributed by atoms with E-state index >= 15 is 0 Å². The van der Waals surface area contributed by atoms with Crippen LogP contribution in [0.3, 0.4) is 0 Å². The number of aromatic nitrogens is 2. The standard InChI is InChI=1S/C18H19N3O3/c1-23-11-10-21(13-14-6-4-5-9-19-14)18(22)12-16-15-7-2-3-8-17(15)24-20-16/h2-9H,10-13H2,1H3. The molecule has 3 aromatic rings. The molecule has 0 aliphatic carbocycles. The maximum atomic E-state index is 12.7. The number of amides is 1. The van der Waals surface area contributed by atoms with E-state index in [9.17, 15) is 4.79 Å². The summed E-state index contributed by atoms with van der Waals surface area (Å²) in [6.45, 7) is 1.42. The highest BCUT2D eigenvalue weighted by Crippen LogP contribution is 2.19. The molecule has 0 saturated heterocycles. The lowest BCUT2D eigenvalue weighted by atomic mass is 10.1. The van der Waals surface area contributed by atoms with Gasteiger partial charge >= 0.3 is 0 Å². The molecule has 1 amide bonds. The third-order valence-corrected chi connectivity index (χ3v) is 3.77. The van der Waals surface area contributed by atoms with E-state index in [2.05, 4.69) is 10.1 Å². The van der Waals surface area contributed by atoms with Crippen molar-refractivity contribution >= 4 is 16.9 Å². The van der Waals surface area contributed by atoms with Gasteiger partial charge in [-0.1, -0.05) is 23.4 Å². The number of fused-ring (bicyclic) bond motifs is 1. The molecule has 0 spiro atoms. The summed E-state index contributed by atoms with van der Waals surface area (Å²) >= 11 is 0. The molecule has 0 fully saturated rings. The molecule has 2 heterocycles. The van der Waals surface area contributed by atoms with Gasteiger partial charge in [-0.3, -0.25) is 9.78 Å². The summed E-state index contributed by atoms with van der Waals surface area (Å²) in [5.41, 5.74) is 2.18. The lowest BCUT2D eigenvalue weighted by Gasteiger charge is -2.21. The number of hydrogen-bond donors (Lipinski definition) is 0. The summed E-state index contributed by atoms with van der Waals surface area (Å²) < 4.78 is 10.4. The van der Waals surface area contributed by atoms with Crippen LogP contribution in [0.4, 0.5) is 0 Å². The molecule has 0 saturated carbocycles. The second-order valence-electron chi connectivity index (χ2n) is 5.43. The summed E-state index contributed by atoms with van der Waals surface area (Å²) in [6.07, 6.45) is 1.91. The number of carbonyl (C=O) groups excluding carboxylic acids is 1. The topological polar surface area (TPSA) is 68.5 Å². The Morgan fingerprint density at radius 2 is 2.04 bits per heavy atom. The average Bonchev–Trinajstić information content (AvgIpc) is 3.02. The molecular formula is C18H19N3O3. The van der Waals surface area contributed by atoms with E-state index in [1.165, 1.54) is 0 Å². The van der Waals surface area contributed by atoms with E-state index in [4.69, 9.17) is 9.26 Å². The first-order chi connectivity index (χ1) is 11.8. The molecule has 124 valence electrons. The Morgan fingerprint density at radius 1 is 1.21 bits per heavy atom. The Kier molecular flexibility index (Phi) is 5.18. The van der Waals surface area contributed by atoms with Crippen molar-refractivity contribution in [3.05, 3.63) is 60.0 Å². The number of carbonyl (C=O) groups is 1. The fraction of sp³-hybridized carbons (Fsp3) is 0.278. The van der Waals surface area contributed by atoms with Crippen molar-refractivity contribution in [3.8, 4) is 0 Å². The Morgan fingerprint density at radius 3 is 2.83 bits per heavy atom. The van der Waals surface area contributed by atoms with Gasteiger partial charge in [0.25, 0.3) is 0 Å². The van der Waals surface area contributed by atoms with Crippen LogP contribution in [0.1, 0.15) is 11.4 Å². The van der Waals surface area contributed by atoms with Gasteiger partial charge in [0, 0.05) is 25.2 Å². The van der Waals surface area contributed by atoms with Gasteiger partial charge in [0.2, 0.25) is 5.91 Å². The van der Waals surface area contributed by atoms with Crippen molar-refractivity contribution in [1.29, 1.82) is 0 Å².